The number of carbonyl (C=O) groups is 1. The highest BCUT2D eigenvalue weighted by Gasteiger charge is 2.23. The van der Waals surface area contributed by atoms with Crippen molar-refractivity contribution in [1.29, 1.82) is 0 Å². The van der Waals surface area contributed by atoms with Crippen molar-refractivity contribution in [2.24, 2.45) is 0 Å². The zero-order chi connectivity index (χ0) is 13.1. The van der Waals surface area contributed by atoms with Crippen molar-refractivity contribution in [3.05, 3.63) is 58.8 Å². The van der Waals surface area contributed by atoms with Crippen LogP contribution in [0.3, 0.4) is 0 Å². The van der Waals surface area contributed by atoms with Gasteiger partial charge in [-0.3, -0.25) is 9.36 Å². The maximum Gasteiger partial charge on any atom is 0.331 e. The molecule has 1 heterocycles. The molecule has 2 aromatic rings. The third-order valence-electron chi connectivity index (χ3n) is 2.51. The molecule has 0 bridgehead atoms. The van der Waals surface area contributed by atoms with Crippen molar-refractivity contribution < 1.29 is 9.90 Å². The van der Waals surface area contributed by atoms with Gasteiger partial charge in [0.25, 0.3) is 5.56 Å². The number of aliphatic carboxylic acids is 1. The lowest BCUT2D eigenvalue weighted by Gasteiger charge is -2.15. The number of benzene rings is 1. The summed E-state index contributed by atoms with van der Waals surface area (Å²) in [5.41, 5.74) is 5.28. The van der Waals surface area contributed by atoms with E-state index in [1.807, 2.05) is 0 Å². The first-order valence-corrected chi connectivity index (χ1v) is 5.20. The Balaban J connectivity index is 0.00000180. The van der Waals surface area contributed by atoms with Gasteiger partial charge in [0.05, 0.1) is 12.5 Å². The monoisotopic (exact) mass is 281 g/mol. The molecule has 1 atom stereocenters. The molecule has 1 aromatic heterocycles. The second kappa shape index (κ2) is 6.01. The maximum absolute atomic E-state index is 11.8. The van der Waals surface area contributed by atoms with Crippen LogP contribution in [0, 0.1) is 0 Å². The number of nitrogen functional groups attached to an aromatic ring is 1. The fourth-order valence-electron chi connectivity index (χ4n) is 1.68. The summed E-state index contributed by atoms with van der Waals surface area (Å²) >= 11 is 0. The molecule has 0 fully saturated rings. The van der Waals surface area contributed by atoms with Gasteiger partial charge < -0.3 is 10.8 Å². The number of carboxylic acid groups (broad SMARTS) is 1. The van der Waals surface area contributed by atoms with Crippen LogP contribution in [-0.4, -0.2) is 20.6 Å². The minimum Gasteiger partial charge on any atom is -0.479 e. The Hall–Kier alpha value is -2.34. The lowest BCUT2D eigenvalue weighted by molar-refractivity contribution is -0.139. The fraction of sp³-hybridized carbons (Fsp3) is 0.0833. The molecule has 1 unspecified atom stereocenters. The Bertz CT molecular complexity index is 628. The number of nitrogens with zero attached hydrogens (tertiary/aromatic N) is 2. The summed E-state index contributed by atoms with van der Waals surface area (Å²) in [7, 11) is 0. The molecule has 100 valence electrons. The second-order valence-electron chi connectivity index (χ2n) is 3.71. The molecular formula is C12H12ClN3O3. The Morgan fingerprint density at radius 3 is 2.53 bits per heavy atom. The van der Waals surface area contributed by atoms with Gasteiger partial charge in [0.2, 0.25) is 0 Å². The molecule has 0 radical (unpaired) electrons. The first-order chi connectivity index (χ1) is 8.61. The van der Waals surface area contributed by atoms with E-state index >= 15 is 0 Å². The van der Waals surface area contributed by atoms with Crippen molar-refractivity contribution in [2.75, 3.05) is 5.73 Å². The Kier molecular flexibility index (Phi) is 4.66. The standard InChI is InChI=1S/C12H11N3O3.ClH/c13-9-6-14-7-15(11(9)16)10(12(17)18)8-4-2-1-3-5-8;/h1-7,10H,13H2,(H,17,18);1H. The number of hydrogen-bond donors (Lipinski definition) is 2. The molecule has 0 spiro atoms. The number of nitrogens with two attached hydrogens (primary N) is 1. The third-order valence-corrected chi connectivity index (χ3v) is 2.51. The van der Waals surface area contributed by atoms with Crippen LogP contribution in [0.15, 0.2) is 47.7 Å². The Morgan fingerprint density at radius 1 is 1.32 bits per heavy atom. The summed E-state index contributed by atoms with van der Waals surface area (Å²) in [5.74, 6) is -1.14. The van der Waals surface area contributed by atoms with Gasteiger partial charge in [-0.05, 0) is 5.56 Å². The first-order valence-electron chi connectivity index (χ1n) is 5.20. The van der Waals surface area contributed by atoms with Gasteiger partial charge in [-0.15, -0.1) is 12.4 Å². The quantitative estimate of drug-likeness (QED) is 0.872. The summed E-state index contributed by atoms with van der Waals surface area (Å²) in [6.07, 6.45) is 2.37. The first kappa shape index (κ1) is 14.7. The Labute approximate surface area is 114 Å². The van der Waals surface area contributed by atoms with Crippen molar-refractivity contribution in [1.82, 2.24) is 9.55 Å². The average molecular weight is 282 g/mol. The number of halogens is 1. The second-order valence-corrected chi connectivity index (χ2v) is 3.71. The summed E-state index contributed by atoms with van der Waals surface area (Å²) in [6.45, 7) is 0. The summed E-state index contributed by atoms with van der Waals surface area (Å²) < 4.78 is 1.01. The van der Waals surface area contributed by atoms with E-state index in [0.717, 1.165) is 4.57 Å². The van der Waals surface area contributed by atoms with Crippen molar-refractivity contribution in [2.45, 2.75) is 6.04 Å². The minimum atomic E-state index is -1.14. The van der Waals surface area contributed by atoms with Crippen LogP contribution in [0.5, 0.6) is 0 Å². The van der Waals surface area contributed by atoms with Crippen LogP contribution in [-0.2, 0) is 4.79 Å². The third kappa shape index (κ3) is 2.92. The number of carboxylic acids is 1. The van der Waals surface area contributed by atoms with Crippen LogP contribution >= 0.6 is 12.4 Å². The van der Waals surface area contributed by atoms with Gasteiger partial charge in [0, 0.05) is 0 Å². The van der Waals surface area contributed by atoms with Crippen LogP contribution < -0.4 is 11.3 Å². The topological polar surface area (TPSA) is 98.2 Å². The zero-order valence-electron chi connectivity index (χ0n) is 9.76. The fourth-order valence-corrected chi connectivity index (χ4v) is 1.68. The molecule has 0 aliphatic rings. The molecule has 0 saturated carbocycles. The molecule has 0 aliphatic carbocycles. The summed E-state index contributed by atoms with van der Waals surface area (Å²) in [4.78, 5) is 26.9. The van der Waals surface area contributed by atoms with E-state index in [1.54, 1.807) is 30.3 Å². The van der Waals surface area contributed by atoms with Crippen LogP contribution in [0.25, 0.3) is 0 Å². The van der Waals surface area contributed by atoms with Crippen molar-refractivity contribution >= 4 is 24.1 Å². The molecule has 7 heteroatoms. The predicted molar refractivity (Wildman–Crippen MR) is 72.4 cm³/mol. The van der Waals surface area contributed by atoms with E-state index < -0.39 is 17.6 Å². The van der Waals surface area contributed by atoms with Crippen molar-refractivity contribution in [3.8, 4) is 0 Å². The summed E-state index contributed by atoms with van der Waals surface area (Å²) in [6, 6.07) is 7.31. The van der Waals surface area contributed by atoms with Gasteiger partial charge in [0.15, 0.2) is 6.04 Å². The van der Waals surface area contributed by atoms with Crippen molar-refractivity contribution in [3.63, 3.8) is 0 Å². The molecule has 1 aromatic carbocycles. The number of hydrogen-bond acceptors (Lipinski definition) is 4. The van der Waals surface area contributed by atoms with Crippen LogP contribution in [0.4, 0.5) is 5.69 Å². The molecule has 2 rings (SSSR count). The largest absolute Gasteiger partial charge is 0.479 e. The van der Waals surface area contributed by atoms with E-state index in [2.05, 4.69) is 4.98 Å². The number of anilines is 1. The number of aromatic nitrogens is 2. The van der Waals surface area contributed by atoms with Gasteiger partial charge in [0.1, 0.15) is 5.69 Å². The average Bonchev–Trinajstić information content (AvgIpc) is 2.36. The molecule has 0 amide bonds. The Morgan fingerprint density at radius 2 is 1.95 bits per heavy atom. The molecule has 6 nitrogen and oxygen atoms in total. The van der Waals surface area contributed by atoms with Crippen LogP contribution in [0.1, 0.15) is 11.6 Å². The zero-order valence-corrected chi connectivity index (χ0v) is 10.6. The molecular weight excluding hydrogens is 270 g/mol. The van der Waals surface area contributed by atoms with Crippen LogP contribution in [0.2, 0.25) is 0 Å². The normalized spacial score (nSPS) is 11.4. The highest BCUT2D eigenvalue weighted by molar-refractivity contribution is 5.85. The number of rotatable bonds is 3. The SMILES string of the molecule is Cl.Nc1cncn(C(C(=O)O)c2ccccc2)c1=O. The minimum absolute atomic E-state index is 0. The van der Waals surface area contributed by atoms with E-state index in [4.69, 9.17) is 5.73 Å². The smallest absolute Gasteiger partial charge is 0.331 e. The van der Waals surface area contributed by atoms with E-state index in [0.29, 0.717) is 5.56 Å². The molecule has 0 saturated heterocycles. The van der Waals surface area contributed by atoms with Gasteiger partial charge in [-0.1, -0.05) is 30.3 Å². The van der Waals surface area contributed by atoms with Gasteiger partial charge in [-0.25, -0.2) is 9.78 Å². The highest BCUT2D eigenvalue weighted by atomic mass is 35.5. The van der Waals surface area contributed by atoms with E-state index in [9.17, 15) is 14.7 Å². The predicted octanol–water partition coefficient (Wildman–Crippen LogP) is 0.921. The van der Waals surface area contributed by atoms with Gasteiger partial charge >= 0.3 is 5.97 Å². The lowest BCUT2D eigenvalue weighted by atomic mass is 10.1. The molecule has 19 heavy (non-hydrogen) atoms. The molecule has 0 aliphatic heterocycles. The maximum atomic E-state index is 11.8. The van der Waals surface area contributed by atoms with Gasteiger partial charge in [-0.2, -0.15) is 0 Å². The molecule has 3 N–H and O–H groups in total. The van der Waals surface area contributed by atoms with E-state index in [1.165, 1.54) is 12.5 Å². The highest BCUT2D eigenvalue weighted by Crippen LogP contribution is 2.16. The summed E-state index contributed by atoms with van der Waals surface area (Å²) in [5, 5.41) is 9.27. The van der Waals surface area contributed by atoms with E-state index in [-0.39, 0.29) is 18.1 Å². The lowest BCUT2D eigenvalue weighted by Crippen LogP contribution is -2.31.